The lowest BCUT2D eigenvalue weighted by molar-refractivity contribution is 0.271. The minimum Gasteiger partial charge on any atom is -0.390 e. The second-order valence-corrected chi connectivity index (χ2v) is 18.1. The van der Waals surface area contributed by atoms with Crippen LogP contribution in [-0.2, 0) is 44.5 Å². The predicted octanol–water partition coefficient (Wildman–Crippen LogP) is 12.8. The summed E-state index contributed by atoms with van der Waals surface area (Å²) in [6.45, 7) is -13.6. The normalized spacial score (nSPS) is 17.4. The molecule has 398 valence electrons. The van der Waals surface area contributed by atoms with Crippen LogP contribution in [0.3, 0.4) is 0 Å². The third-order valence-electron chi connectivity index (χ3n) is 12.8. The molecule has 79 heavy (non-hydrogen) atoms. The highest BCUT2D eigenvalue weighted by Crippen LogP contribution is 2.41. The molecule has 2 unspecified atom stereocenters. The van der Waals surface area contributed by atoms with Crippen LogP contribution in [0.4, 0.5) is 0 Å². The molecule has 4 heterocycles. The number of hydrogen-bond acceptors (Lipinski definition) is 10. The molecule has 16 heteroatoms. The summed E-state index contributed by atoms with van der Waals surface area (Å²) < 4.78 is 161. The fraction of sp³-hybridized carbons (Fsp3) is 0.206. The van der Waals surface area contributed by atoms with E-state index in [0.717, 1.165) is 48.1 Å². The number of nitrogens with one attached hydrogen (secondary N) is 1. The van der Waals surface area contributed by atoms with Crippen LogP contribution in [0.5, 0.6) is 0 Å². The van der Waals surface area contributed by atoms with Gasteiger partial charge in [0.05, 0.1) is 30.0 Å². The Bertz CT molecular complexity index is 4490. The highest BCUT2D eigenvalue weighted by atomic mass is 35.5. The van der Waals surface area contributed by atoms with Gasteiger partial charge in [-0.1, -0.05) is 238 Å². The molecule has 14 nitrogen and oxygen atoms in total. The minimum atomic E-state index is -3.50. The number of aromatic amines is 1. The molecule has 0 aliphatic rings. The molecule has 3 N–H and O–H groups in total. The van der Waals surface area contributed by atoms with Crippen LogP contribution in [0, 0.1) is 0 Å². The zero-order valence-corrected chi connectivity index (χ0v) is 43.0. The number of rotatable bonds is 20. The zero-order valence-electron chi connectivity index (χ0n) is 61.5. The second kappa shape index (κ2) is 25.4. The van der Waals surface area contributed by atoms with Crippen molar-refractivity contribution in [1.82, 2.24) is 59.9 Å². The lowest BCUT2D eigenvalue weighted by Gasteiger charge is -2.34. The summed E-state index contributed by atoms with van der Waals surface area (Å²) in [7, 11) is 0. The number of H-pyrrole nitrogens is 1. The number of imidazole rings is 2. The Kier molecular flexibility index (Phi) is 11.1. The number of hydrogen-bond donors (Lipinski definition) is 3. The fourth-order valence-electron chi connectivity index (χ4n) is 9.26. The first-order chi connectivity index (χ1) is 46.3. The third kappa shape index (κ3) is 11.6. The van der Waals surface area contributed by atoms with Crippen molar-refractivity contribution in [2.45, 2.75) is 83.7 Å². The molecule has 0 saturated heterocycles. The van der Waals surface area contributed by atoms with Crippen molar-refractivity contribution in [2.75, 3.05) is 0 Å². The molecule has 0 bridgehead atoms. The summed E-state index contributed by atoms with van der Waals surface area (Å²) in [4.78, 5) is 9.46. The first-order valence-corrected chi connectivity index (χ1v) is 25.0. The van der Waals surface area contributed by atoms with Crippen LogP contribution < -0.4 is 0 Å². The molecular weight excluding hydrogens is 1030 g/mol. The van der Waals surface area contributed by atoms with Crippen LogP contribution in [0.25, 0.3) is 45.0 Å². The zero-order chi connectivity index (χ0) is 72.1. The Hall–Kier alpha value is -8.40. The summed E-state index contributed by atoms with van der Waals surface area (Å²) >= 11 is 12.4. The third-order valence-corrected chi connectivity index (χ3v) is 13.4. The summed E-state index contributed by atoms with van der Waals surface area (Å²) in [5.41, 5.74) is 6.05. The van der Waals surface area contributed by atoms with Gasteiger partial charge in [0.1, 0.15) is 11.6 Å². The van der Waals surface area contributed by atoms with Gasteiger partial charge in [0, 0.05) is 58.9 Å². The molecular formula is C63H60Cl2N12O2. The molecule has 0 aliphatic heterocycles. The highest BCUT2D eigenvalue weighted by molar-refractivity contribution is 6.30. The van der Waals surface area contributed by atoms with Gasteiger partial charge < -0.3 is 19.3 Å². The second-order valence-electron chi connectivity index (χ2n) is 17.4. The monoisotopic (exact) mass is 1110 g/mol. The largest absolute Gasteiger partial charge is 0.390 e. The van der Waals surface area contributed by atoms with Gasteiger partial charge in [-0.25, -0.2) is 9.97 Å². The average molecular weight is 1110 g/mol. The Balaban J connectivity index is 0.000000231. The Morgan fingerprint density at radius 2 is 0.937 bits per heavy atom. The smallest absolute Gasteiger partial charge is 0.205 e. The molecule has 11 aromatic rings. The standard InChI is InChI=1S/C41H37ClN6O.C22H23ClN6O/c1-2-3-23-38-43-39(42)37(29-49)47(38)28-30-24-26-31(27-25-30)35-21-13-14-22-36(35)40-44-46-48(45-40)41(32-15-7-4-8-16-32,33-17-9-5-10-18-33)34-19-11-6-12-20-34;1-2-3-8-20-24-21(23)19(14-30)29(20)13-15-9-11-16(12-10-15)17-6-4-5-7-18(17)22-25-27-28-26-22/h4-22,24-27,49H,2-3,23,28-29H2,1H3;4-7,9-12,30H,2-3,8,13-14H2,1H3,(H,25,26,27,28)/i1D3,2D2,3D2,23D,29D2;1D3,2D2,3D2,8D,14D2. The number of tetrazole rings is 2. The van der Waals surface area contributed by atoms with Gasteiger partial charge in [-0.2, -0.15) is 5.21 Å². The maximum absolute atomic E-state index is 10.4. The maximum Gasteiger partial charge on any atom is 0.205 e. The molecule has 2 atom stereocenters. The SMILES string of the molecule is [2H]C(c1nc(Cl)c(C([2H])([2H])O)n1Cc1ccc(-c2ccccc2-c2nn[nH]n2)cc1)C([2H])([2H])C([2H])([2H])C([2H])([2H])[2H].[2H]C(c1nc(Cl)c(C([2H])([2H])O)n1Cc1ccc(-c2ccccc2-c2nnn(C(c3ccccc3)(c3ccccc3)c3ccccc3)n2)cc1)C([2H])([2H])C([2H])([2H])C([2H])([2H])[2H]. The molecule has 7 aromatic carbocycles. The van der Waals surface area contributed by atoms with Gasteiger partial charge in [-0.3, -0.25) is 0 Å². The molecule has 0 saturated carbocycles. The van der Waals surface area contributed by atoms with E-state index < -0.39 is 104 Å². The van der Waals surface area contributed by atoms with Crippen LogP contribution >= 0.6 is 23.2 Å². The number of aliphatic hydroxyl groups is 2. The van der Waals surface area contributed by atoms with Crippen molar-refractivity contribution in [3.8, 4) is 45.0 Å². The topological polar surface area (TPSA) is 174 Å². The minimum absolute atomic E-state index is 0.251. The molecule has 0 aliphatic carbocycles. The van der Waals surface area contributed by atoms with Crippen molar-refractivity contribution < 1.29 is 37.6 Å². The van der Waals surface area contributed by atoms with E-state index in [1.54, 1.807) is 53.3 Å². The molecule has 0 spiro atoms. The fourth-order valence-corrected chi connectivity index (χ4v) is 9.72. The lowest BCUT2D eigenvalue weighted by atomic mass is 9.77. The van der Waals surface area contributed by atoms with Gasteiger partial charge in [0.15, 0.2) is 15.8 Å². The van der Waals surface area contributed by atoms with Crippen molar-refractivity contribution >= 4 is 23.2 Å². The molecule has 4 aromatic heterocycles. The maximum atomic E-state index is 10.4. The highest BCUT2D eigenvalue weighted by Gasteiger charge is 2.41. The molecule has 0 amide bonds. The first-order valence-electron chi connectivity index (χ1n) is 34.4. The quantitative estimate of drug-likeness (QED) is 0.0623. The van der Waals surface area contributed by atoms with Gasteiger partial charge in [0.2, 0.25) is 11.6 Å². The number of aryl methyl sites for hydroxylation is 2. The average Bonchev–Trinajstić information content (AvgIpc) is 1.73. The van der Waals surface area contributed by atoms with E-state index in [9.17, 15) is 10.2 Å². The van der Waals surface area contributed by atoms with Crippen LogP contribution in [0.15, 0.2) is 188 Å². The number of halogens is 2. The van der Waals surface area contributed by atoms with E-state index in [2.05, 4.69) is 40.9 Å². The van der Waals surface area contributed by atoms with Crippen molar-refractivity contribution in [3.05, 3.63) is 249 Å². The molecule has 0 fully saturated rings. The van der Waals surface area contributed by atoms with Crippen LogP contribution in [-0.4, -0.2) is 70.1 Å². The van der Waals surface area contributed by atoms with Gasteiger partial charge in [0.25, 0.3) is 0 Å². The van der Waals surface area contributed by atoms with E-state index in [4.69, 9.17) is 55.7 Å². The number of benzene rings is 7. The first kappa shape index (κ1) is 34.5. The van der Waals surface area contributed by atoms with Crippen molar-refractivity contribution in [1.29, 1.82) is 0 Å². The molecule has 11 rings (SSSR count). The van der Waals surface area contributed by atoms with E-state index in [-0.39, 0.29) is 13.1 Å². The summed E-state index contributed by atoms with van der Waals surface area (Å²) in [5.74, 6) is -0.373. The lowest BCUT2D eigenvalue weighted by Crippen LogP contribution is -2.39. The van der Waals surface area contributed by atoms with E-state index in [0.29, 0.717) is 33.9 Å². The summed E-state index contributed by atoms with van der Waals surface area (Å²) in [6.07, 6.45) is -18.2. The number of aromatic nitrogens is 12. The predicted molar refractivity (Wildman–Crippen MR) is 310 cm³/mol. The van der Waals surface area contributed by atoms with Crippen LogP contribution in [0.1, 0.15) is 117 Å². The van der Waals surface area contributed by atoms with Crippen molar-refractivity contribution in [3.63, 3.8) is 0 Å². The summed E-state index contributed by atoms with van der Waals surface area (Å²) in [5, 5.41) is 47.8. The Morgan fingerprint density at radius 1 is 0.519 bits per heavy atom. The molecule has 0 radical (unpaired) electrons. The van der Waals surface area contributed by atoms with E-state index in [1.807, 2.05) is 140 Å². The Labute approximate surface area is 497 Å². The van der Waals surface area contributed by atoms with Gasteiger partial charge in [-0.15, -0.1) is 25.2 Å². The van der Waals surface area contributed by atoms with Gasteiger partial charge in [-0.05, 0) is 73.2 Å². The number of nitrogens with zero attached hydrogens (tertiary/aromatic N) is 11. The van der Waals surface area contributed by atoms with E-state index in [1.165, 1.54) is 0 Å². The van der Waals surface area contributed by atoms with Gasteiger partial charge >= 0.3 is 0 Å². The Morgan fingerprint density at radius 3 is 1.34 bits per heavy atom. The van der Waals surface area contributed by atoms with Crippen LogP contribution in [0.2, 0.25) is 10.3 Å². The summed E-state index contributed by atoms with van der Waals surface area (Å²) in [6, 6.07) is 58.6. The van der Waals surface area contributed by atoms with Crippen molar-refractivity contribution in [2.24, 2.45) is 0 Å². The van der Waals surface area contributed by atoms with E-state index >= 15 is 0 Å².